The summed E-state index contributed by atoms with van der Waals surface area (Å²) in [4.78, 5) is 13.0. The number of benzene rings is 1. The average Bonchev–Trinajstić information content (AvgIpc) is 2.93. The Morgan fingerprint density at radius 2 is 2.00 bits per heavy atom. The summed E-state index contributed by atoms with van der Waals surface area (Å²) in [5.41, 5.74) is 0.809. The van der Waals surface area contributed by atoms with Crippen molar-refractivity contribution < 1.29 is 13.9 Å². The van der Waals surface area contributed by atoms with Gasteiger partial charge in [0, 0.05) is 19.7 Å². The zero-order valence-corrected chi connectivity index (χ0v) is 12.3. The molecular formula is C13H15N3O3S. The predicted octanol–water partition coefficient (Wildman–Crippen LogP) is 1.93. The molecule has 0 N–H and O–H groups in total. The van der Waals surface area contributed by atoms with Gasteiger partial charge in [-0.2, -0.15) is 0 Å². The molecule has 0 saturated heterocycles. The van der Waals surface area contributed by atoms with Gasteiger partial charge in [-0.05, 0) is 24.3 Å². The van der Waals surface area contributed by atoms with Gasteiger partial charge in [-0.3, -0.25) is 4.79 Å². The summed E-state index contributed by atoms with van der Waals surface area (Å²) in [5.74, 6) is 1.46. The molecule has 0 bridgehead atoms. The van der Waals surface area contributed by atoms with E-state index in [4.69, 9.17) is 9.15 Å². The Morgan fingerprint density at radius 1 is 1.30 bits per heavy atom. The minimum Gasteiger partial charge on any atom is -0.497 e. The second-order valence-electron chi connectivity index (χ2n) is 4.18. The van der Waals surface area contributed by atoms with Crippen molar-refractivity contribution in [1.82, 2.24) is 15.1 Å². The van der Waals surface area contributed by atoms with Gasteiger partial charge in [0.15, 0.2) is 0 Å². The predicted molar refractivity (Wildman–Crippen MR) is 75.7 cm³/mol. The minimum absolute atomic E-state index is 0.000743. The zero-order chi connectivity index (χ0) is 14.5. The molecule has 1 heterocycles. The molecule has 2 aromatic rings. The van der Waals surface area contributed by atoms with Crippen LogP contribution in [0.5, 0.6) is 5.75 Å². The van der Waals surface area contributed by atoms with E-state index in [2.05, 4.69) is 10.2 Å². The minimum atomic E-state index is -0.000743. The monoisotopic (exact) mass is 293 g/mol. The first-order valence-electron chi connectivity index (χ1n) is 5.91. The third kappa shape index (κ3) is 3.51. The van der Waals surface area contributed by atoms with Crippen molar-refractivity contribution in [2.75, 3.05) is 27.0 Å². The third-order valence-corrected chi connectivity index (χ3v) is 3.36. The number of carbonyl (C=O) groups excluding carboxylic acids is 1. The van der Waals surface area contributed by atoms with Crippen LogP contribution >= 0.6 is 11.8 Å². The third-order valence-electron chi connectivity index (χ3n) is 2.56. The van der Waals surface area contributed by atoms with E-state index in [0.717, 1.165) is 11.3 Å². The Morgan fingerprint density at radius 3 is 2.60 bits per heavy atom. The molecule has 1 aromatic heterocycles. The summed E-state index contributed by atoms with van der Waals surface area (Å²) in [5, 5.41) is 8.25. The number of rotatable bonds is 5. The Labute approximate surface area is 121 Å². The molecule has 106 valence electrons. The highest BCUT2D eigenvalue weighted by atomic mass is 32.2. The molecule has 20 heavy (non-hydrogen) atoms. The summed E-state index contributed by atoms with van der Waals surface area (Å²) in [6.45, 7) is 0. The summed E-state index contributed by atoms with van der Waals surface area (Å²) in [6, 6.07) is 7.32. The molecule has 1 aromatic carbocycles. The molecule has 0 fully saturated rings. The van der Waals surface area contributed by atoms with Gasteiger partial charge < -0.3 is 14.1 Å². The summed E-state index contributed by atoms with van der Waals surface area (Å²) in [7, 11) is 5.02. The molecule has 0 atom stereocenters. The summed E-state index contributed by atoms with van der Waals surface area (Å²) in [6.07, 6.45) is 0. The molecule has 0 aliphatic rings. The van der Waals surface area contributed by atoms with Gasteiger partial charge in [0.2, 0.25) is 11.8 Å². The fourth-order valence-electron chi connectivity index (χ4n) is 1.37. The maximum absolute atomic E-state index is 11.5. The van der Waals surface area contributed by atoms with E-state index in [1.165, 1.54) is 16.7 Å². The van der Waals surface area contributed by atoms with Gasteiger partial charge in [-0.1, -0.05) is 11.8 Å². The van der Waals surface area contributed by atoms with Crippen molar-refractivity contribution in [2.24, 2.45) is 0 Å². The average molecular weight is 293 g/mol. The van der Waals surface area contributed by atoms with Gasteiger partial charge >= 0.3 is 0 Å². The van der Waals surface area contributed by atoms with E-state index in [1.54, 1.807) is 21.2 Å². The van der Waals surface area contributed by atoms with Gasteiger partial charge in [-0.15, -0.1) is 10.2 Å². The first-order valence-corrected chi connectivity index (χ1v) is 6.89. The van der Waals surface area contributed by atoms with Gasteiger partial charge in [0.1, 0.15) is 5.75 Å². The highest BCUT2D eigenvalue weighted by molar-refractivity contribution is 7.99. The number of aromatic nitrogens is 2. The largest absolute Gasteiger partial charge is 0.497 e. The SMILES string of the molecule is COc1ccc(-c2nnc(SCC(=O)N(C)C)o2)cc1. The fraction of sp³-hybridized carbons (Fsp3) is 0.308. The van der Waals surface area contributed by atoms with Crippen molar-refractivity contribution in [3.05, 3.63) is 24.3 Å². The summed E-state index contributed by atoms with van der Waals surface area (Å²) < 4.78 is 10.6. The van der Waals surface area contributed by atoms with Crippen molar-refractivity contribution in [3.63, 3.8) is 0 Å². The van der Waals surface area contributed by atoms with Gasteiger partial charge in [0.05, 0.1) is 12.9 Å². The molecule has 0 spiro atoms. The molecule has 1 amide bonds. The smallest absolute Gasteiger partial charge is 0.277 e. The Kier molecular flexibility index (Phi) is 4.62. The van der Waals surface area contributed by atoms with Crippen LogP contribution in [-0.2, 0) is 4.79 Å². The quantitative estimate of drug-likeness (QED) is 0.785. The van der Waals surface area contributed by atoms with Crippen molar-refractivity contribution in [3.8, 4) is 17.2 Å². The standard InChI is InChI=1S/C13H15N3O3S/c1-16(2)11(17)8-20-13-15-14-12(19-13)9-4-6-10(18-3)7-5-9/h4-7H,8H2,1-3H3. The number of carbonyl (C=O) groups is 1. The van der Waals surface area contributed by atoms with E-state index in [9.17, 15) is 4.79 Å². The van der Waals surface area contributed by atoms with Crippen molar-refractivity contribution >= 4 is 17.7 Å². The van der Waals surface area contributed by atoms with E-state index in [0.29, 0.717) is 11.1 Å². The van der Waals surface area contributed by atoms with Crippen LogP contribution in [0.3, 0.4) is 0 Å². The molecule has 6 nitrogen and oxygen atoms in total. The van der Waals surface area contributed by atoms with Crippen LogP contribution in [0.1, 0.15) is 0 Å². The zero-order valence-electron chi connectivity index (χ0n) is 11.5. The number of thioether (sulfide) groups is 1. The highest BCUT2D eigenvalue weighted by Crippen LogP contribution is 2.24. The van der Waals surface area contributed by atoms with E-state index < -0.39 is 0 Å². The molecular weight excluding hydrogens is 278 g/mol. The second-order valence-corrected chi connectivity index (χ2v) is 5.11. The maximum Gasteiger partial charge on any atom is 0.277 e. The molecule has 0 aliphatic carbocycles. The van der Waals surface area contributed by atoms with E-state index in [1.807, 2.05) is 24.3 Å². The van der Waals surface area contributed by atoms with Crippen LogP contribution in [0.15, 0.2) is 33.9 Å². The van der Waals surface area contributed by atoms with Crippen molar-refractivity contribution in [1.29, 1.82) is 0 Å². The van der Waals surface area contributed by atoms with Crippen LogP contribution in [0.2, 0.25) is 0 Å². The van der Waals surface area contributed by atoms with Crippen LogP contribution < -0.4 is 4.74 Å². The van der Waals surface area contributed by atoms with Crippen LogP contribution in [-0.4, -0.2) is 48.0 Å². The highest BCUT2D eigenvalue weighted by Gasteiger charge is 2.12. The number of hydrogen-bond donors (Lipinski definition) is 0. The van der Waals surface area contributed by atoms with E-state index in [-0.39, 0.29) is 11.7 Å². The first kappa shape index (κ1) is 14.4. The fourth-order valence-corrected chi connectivity index (χ4v) is 2.11. The molecule has 0 unspecified atom stereocenters. The lowest BCUT2D eigenvalue weighted by molar-refractivity contribution is -0.125. The molecule has 7 heteroatoms. The number of ether oxygens (including phenoxy) is 1. The Bertz CT molecular complexity index is 581. The molecule has 0 saturated carbocycles. The van der Waals surface area contributed by atoms with Crippen LogP contribution in [0.4, 0.5) is 0 Å². The van der Waals surface area contributed by atoms with Gasteiger partial charge in [-0.25, -0.2) is 0 Å². The lowest BCUT2D eigenvalue weighted by atomic mass is 10.2. The summed E-state index contributed by atoms with van der Waals surface area (Å²) >= 11 is 1.22. The number of nitrogens with zero attached hydrogens (tertiary/aromatic N) is 3. The van der Waals surface area contributed by atoms with E-state index >= 15 is 0 Å². The van der Waals surface area contributed by atoms with Crippen molar-refractivity contribution in [2.45, 2.75) is 5.22 Å². The van der Waals surface area contributed by atoms with Gasteiger partial charge in [0.25, 0.3) is 5.22 Å². The Balaban J connectivity index is 2.02. The maximum atomic E-state index is 11.5. The lowest BCUT2D eigenvalue weighted by Crippen LogP contribution is -2.23. The number of methoxy groups -OCH3 is 1. The number of amides is 1. The van der Waals surface area contributed by atoms with Crippen LogP contribution in [0, 0.1) is 0 Å². The molecule has 0 radical (unpaired) electrons. The second kappa shape index (κ2) is 6.42. The van der Waals surface area contributed by atoms with Crippen LogP contribution in [0.25, 0.3) is 11.5 Å². The molecule has 2 rings (SSSR count). The number of hydrogen-bond acceptors (Lipinski definition) is 6. The topological polar surface area (TPSA) is 68.5 Å². The lowest BCUT2D eigenvalue weighted by Gasteiger charge is -2.07. The Hall–Kier alpha value is -2.02. The normalized spacial score (nSPS) is 10.3. The molecule has 0 aliphatic heterocycles. The first-order chi connectivity index (χ1) is 9.60.